The Morgan fingerprint density at radius 3 is 2.62 bits per heavy atom. The second kappa shape index (κ2) is 6.28. The quantitative estimate of drug-likeness (QED) is 0.699. The highest BCUT2D eigenvalue weighted by Gasteiger charge is 2.17. The minimum Gasteiger partial charge on any atom is -0.302 e. The highest BCUT2D eigenvalue weighted by atomic mass is 32.1. The lowest BCUT2D eigenvalue weighted by atomic mass is 9.94. The van der Waals surface area contributed by atoms with Gasteiger partial charge in [0.2, 0.25) is 0 Å². The van der Waals surface area contributed by atoms with Gasteiger partial charge < -0.3 is 4.90 Å². The fourth-order valence-corrected chi connectivity index (χ4v) is 2.25. The zero-order valence-electron chi connectivity index (χ0n) is 8.08. The zero-order valence-corrected chi connectivity index (χ0v) is 8.97. The Morgan fingerprint density at radius 1 is 1.38 bits per heavy atom. The maximum atomic E-state index is 8.45. The van der Waals surface area contributed by atoms with Crippen LogP contribution in [-0.4, -0.2) is 30.3 Å². The van der Waals surface area contributed by atoms with Crippen molar-refractivity contribution in [3.05, 3.63) is 0 Å². The summed E-state index contributed by atoms with van der Waals surface area (Å²) in [4.78, 5) is 2.40. The van der Waals surface area contributed by atoms with E-state index in [1.54, 1.807) is 0 Å². The number of rotatable bonds is 4. The summed E-state index contributed by atoms with van der Waals surface area (Å²) in [6.45, 7) is 3.32. The molecule has 0 amide bonds. The highest BCUT2D eigenvalue weighted by molar-refractivity contribution is 7.80. The molecule has 3 heteroatoms. The lowest BCUT2D eigenvalue weighted by Crippen LogP contribution is -2.34. The van der Waals surface area contributed by atoms with Crippen LogP contribution < -0.4 is 0 Å². The van der Waals surface area contributed by atoms with E-state index in [2.05, 4.69) is 23.6 Å². The lowest BCUT2D eigenvalue weighted by molar-refractivity contribution is 0.186. The first-order chi connectivity index (χ1) is 6.36. The van der Waals surface area contributed by atoms with E-state index in [4.69, 9.17) is 5.26 Å². The number of likely N-dealkylation sites (tertiary alicyclic amines) is 1. The van der Waals surface area contributed by atoms with Gasteiger partial charge in [-0.05, 0) is 44.0 Å². The summed E-state index contributed by atoms with van der Waals surface area (Å²) < 4.78 is 0. The van der Waals surface area contributed by atoms with E-state index >= 15 is 0 Å². The third kappa shape index (κ3) is 4.02. The zero-order chi connectivity index (χ0) is 9.52. The average molecular weight is 198 g/mol. The molecule has 1 aliphatic rings. The van der Waals surface area contributed by atoms with Gasteiger partial charge in [0.1, 0.15) is 0 Å². The third-order valence-electron chi connectivity index (χ3n) is 2.78. The first-order valence-electron chi connectivity index (χ1n) is 5.07. The molecule has 1 heterocycles. The maximum absolute atomic E-state index is 8.45. The summed E-state index contributed by atoms with van der Waals surface area (Å²) in [6, 6.07) is 2.20. The summed E-state index contributed by atoms with van der Waals surface area (Å²) in [5, 5.41) is 8.45. The largest absolute Gasteiger partial charge is 0.302 e. The fraction of sp³-hybridized carbons (Fsp3) is 0.900. The van der Waals surface area contributed by atoms with Crippen LogP contribution in [0.5, 0.6) is 0 Å². The Morgan fingerprint density at radius 2 is 2.08 bits per heavy atom. The minimum absolute atomic E-state index is 0.678. The molecule has 0 aromatic heterocycles. The molecule has 13 heavy (non-hydrogen) atoms. The number of nitrogens with zero attached hydrogens (tertiary/aromatic N) is 2. The van der Waals surface area contributed by atoms with Crippen molar-refractivity contribution in [1.29, 1.82) is 5.26 Å². The molecule has 1 fully saturated rings. The van der Waals surface area contributed by atoms with Gasteiger partial charge in [-0.15, -0.1) is 0 Å². The molecule has 1 aliphatic heterocycles. The molecule has 0 bridgehead atoms. The topological polar surface area (TPSA) is 27.0 Å². The van der Waals surface area contributed by atoms with Crippen molar-refractivity contribution < 1.29 is 0 Å². The van der Waals surface area contributed by atoms with E-state index < -0.39 is 0 Å². The molecular formula is C10H18N2S. The van der Waals surface area contributed by atoms with Crippen molar-refractivity contribution >= 4 is 12.6 Å². The normalized spacial score (nSPS) is 20.0. The van der Waals surface area contributed by atoms with Gasteiger partial charge in [-0.1, -0.05) is 0 Å². The van der Waals surface area contributed by atoms with Gasteiger partial charge in [0, 0.05) is 13.0 Å². The van der Waals surface area contributed by atoms with Gasteiger partial charge in [-0.3, -0.25) is 0 Å². The van der Waals surface area contributed by atoms with E-state index in [-0.39, 0.29) is 0 Å². The van der Waals surface area contributed by atoms with Gasteiger partial charge in [0.15, 0.2) is 0 Å². The fourth-order valence-electron chi connectivity index (χ4n) is 1.89. The Balaban J connectivity index is 2.12. The molecule has 0 N–H and O–H groups in total. The molecule has 1 saturated heterocycles. The van der Waals surface area contributed by atoms with E-state index in [0.29, 0.717) is 6.42 Å². The van der Waals surface area contributed by atoms with Crippen molar-refractivity contribution in [3.8, 4) is 6.07 Å². The number of piperidine rings is 1. The van der Waals surface area contributed by atoms with Crippen molar-refractivity contribution in [2.24, 2.45) is 5.92 Å². The number of thiol groups is 1. The lowest BCUT2D eigenvalue weighted by Gasteiger charge is -2.31. The van der Waals surface area contributed by atoms with Gasteiger partial charge in [0.25, 0.3) is 0 Å². The van der Waals surface area contributed by atoms with Crippen LogP contribution in [0.4, 0.5) is 0 Å². The number of hydrogen-bond donors (Lipinski definition) is 1. The van der Waals surface area contributed by atoms with Gasteiger partial charge in [0.05, 0.1) is 6.07 Å². The molecule has 0 unspecified atom stereocenters. The van der Waals surface area contributed by atoms with Gasteiger partial charge in [-0.2, -0.15) is 17.9 Å². The van der Waals surface area contributed by atoms with Crippen LogP contribution in [0.25, 0.3) is 0 Å². The maximum Gasteiger partial charge on any atom is 0.0635 e. The number of hydrogen-bond acceptors (Lipinski definition) is 3. The standard InChI is InChI=1S/C10H18N2S/c11-5-1-6-12-7-2-10(3-8-12)4-9-13/h10,13H,1-4,6-9H2. The molecule has 0 radical (unpaired) electrons. The third-order valence-corrected chi connectivity index (χ3v) is 3.04. The molecule has 0 aromatic carbocycles. The van der Waals surface area contributed by atoms with Crippen LogP contribution in [0.2, 0.25) is 0 Å². The van der Waals surface area contributed by atoms with Crippen LogP contribution in [0, 0.1) is 17.2 Å². The minimum atomic E-state index is 0.678. The van der Waals surface area contributed by atoms with Crippen LogP contribution >= 0.6 is 12.6 Å². The summed E-state index contributed by atoms with van der Waals surface area (Å²) in [7, 11) is 0. The van der Waals surface area contributed by atoms with E-state index in [0.717, 1.165) is 18.2 Å². The van der Waals surface area contributed by atoms with Crippen molar-refractivity contribution in [3.63, 3.8) is 0 Å². The van der Waals surface area contributed by atoms with Crippen LogP contribution in [0.15, 0.2) is 0 Å². The van der Waals surface area contributed by atoms with Crippen molar-refractivity contribution in [1.82, 2.24) is 4.90 Å². The monoisotopic (exact) mass is 198 g/mol. The van der Waals surface area contributed by atoms with E-state index in [9.17, 15) is 0 Å². The van der Waals surface area contributed by atoms with Gasteiger partial charge in [-0.25, -0.2) is 0 Å². The molecule has 2 nitrogen and oxygen atoms in total. The van der Waals surface area contributed by atoms with E-state index in [1.807, 2.05) is 0 Å². The summed E-state index contributed by atoms with van der Waals surface area (Å²) in [6.07, 6.45) is 4.53. The average Bonchev–Trinajstić information content (AvgIpc) is 2.17. The van der Waals surface area contributed by atoms with Crippen molar-refractivity contribution in [2.75, 3.05) is 25.4 Å². The molecular weight excluding hydrogens is 180 g/mol. The SMILES string of the molecule is N#CCCN1CCC(CCS)CC1. The molecule has 74 valence electrons. The smallest absolute Gasteiger partial charge is 0.0635 e. The predicted octanol–water partition coefficient (Wildman–Crippen LogP) is 1.93. The summed E-state index contributed by atoms with van der Waals surface area (Å²) in [5.74, 6) is 1.90. The number of nitriles is 1. The second-order valence-electron chi connectivity index (χ2n) is 3.71. The predicted molar refractivity (Wildman–Crippen MR) is 57.9 cm³/mol. The van der Waals surface area contributed by atoms with Crippen LogP contribution in [0.1, 0.15) is 25.7 Å². The van der Waals surface area contributed by atoms with Crippen LogP contribution in [-0.2, 0) is 0 Å². The molecule has 0 aromatic rings. The molecule has 0 spiro atoms. The summed E-state index contributed by atoms with van der Waals surface area (Å²) >= 11 is 4.25. The van der Waals surface area contributed by atoms with Gasteiger partial charge >= 0.3 is 0 Å². The molecule has 0 atom stereocenters. The Hall–Kier alpha value is -0.200. The molecule has 0 aliphatic carbocycles. The van der Waals surface area contributed by atoms with Crippen molar-refractivity contribution in [2.45, 2.75) is 25.7 Å². The summed E-state index contributed by atoms with van der Waals surface area (Å²) in [5.41, 5.74) is 0. The highest BCUT2D eigenvalue weighted by Crippen LogP contribution is 2.20. The van der Waals surface area contributed by atoms with Crippen LogP contribution in [0.3, 0.4) is 0 Å². The van der Waals surface area contributed by atoms with E-state index in [1.165, 1.54) is 32.4 Å². The Bertz CT molecular complexity index is 168. The first kappa shape index (κ1) is 10.9. The Kier molecular flexibility index (Phi) is 5.26. The molecule has 0 saturated carbocycles. The Labute approximate surface area is 86.3 Å². The first-order valence-corrected chi connectivity index (χ1v) is 5.70. The molecule has 1 rings (SSSR count). The second-order valence-corrected chi connectivity index (χ2v) is 4.15.